The van der Waals surface area contributed by atoms with Crippen LogP contribution in [0, 0.1) is 5.82 Å². The summed E-state index contributed by atoms with van der Waals surface area (Å²) in [5.74, 6) is 1.23. The third-order valence-corrected chi connectivity index (χ3v) is 3.93. The van der Waals surface area contributed by atoms with Gasteiger partial charge in [-0.25, -0.2) is 9.18 Å². The minimum absolute atomic E-state index is 0.0423. The lowest BCUT2D eigenvalue weighted by Gasteiger charge is -2.15. The molecule has 3 rings (SSSR count). The van der Waals surface area contributed by atoms with E-state index in [4.69, 9.17) is 14.2 Å². The summed E-state index contributed by atoms with van der Waals surface area (Å²) >= 11 is 0. The maximum atomic E-state index is 13.1. The fraction of sp³-hybridized carbons (Fsp3) is 0.222. The first-order chi connectivity index (χ1) is 14.0. The number of carbonyl (C=O) groups excluding carboxylic acids is 1. The van der Waals surface area contributed by atoms with Gasteiger partial charge in [0.1, 0.15) is 5.82 Å². The lowest BCUT2D eigenvalue weighted by Crippen LogP contribution is -2.29. The minimum Gasteiger partial charge on any atom is -0.493 e. The van der Waals surface area contributed by atoms with E-state index in [1.54, 1.807) is 12.1 Å². The lowest BCUT2D eigenvalue weighted by molar-refractivity contribution is 0.251. The quantitative estimate of drug-likeness (QED) is 0.623. The van der Waals surface area contributed by atoms with E-state index in [1.807, 2.05) is 0 Å². The number of nitrogens with one attached hydrogen (secondary N) is 2. The average Bonchev–Trinajstić information content (AvgIpc) is 3.20. The smallest absolute Gasteiger partial charge is 0.319 e. The number of ether oxygens (including phenoxy) is 3. The van der Waals surface area contributed by atoms with E-state index in [0.29, 0.717) is 34.4 Å². The van der Waals surface area contributed by atoms with Crippen LogP contribution < -0.4 is 24.8 Å². The van der Waals surface area contributed by atoms with Crippen LogP contribution >= 0.6 is 0 Å². The standard InChI is InChI=1S/C18H19FN6O4/c1-27-14-8-12(9-15(28-2)17(14)29-3)21-18(26)20-10-16-22-23-24-25(16)13-6-4-11(19)5-7-13/h4-9H,10H2,1-3H3,(H2,20,21,26). The second kappa shape index (κ2) is 8.87. The summed E-state index contributed by atoms with van der Waals surface area (Å²) in [6.45, 7) is 0.0423. The first kappa shape index (κ1) is 19.9. The van der Waals surface area contributed by atoms with Crippen LogP contribution in [0.25, 0.3) is 5.69 Å². The lowest BCUT2D eigenvalue weighted by atomic mass is 10.2. The summed E-state index contributed by atoms with van der Waals surface area (Å²) in [6.07, 6.45) is 0. The number of nitrogens with zero attached hydrogens (tertiary/aromatic N) is 4. The third-order valence-electron chi connectivity index (χ3n) is 3.93. The molecule has 11 heteroatoms. The molecular formula is C18H19FN6O4. The molecule has 10 nitrogen and oxygen atoms in total. The predicted molar refractivity (Wildman–Crippen MR) is 101 cm³/mol. The van der Waals surface area contributed by atoms with Crippen molar-refractivity contribution < 1.29 is 23.4 Å². The number of hydrogen-bond acceptors (Lipinski definition) is 7. The Hall–Kier alpha value is -3.89. The number of urea groups is 1. The molecule has 0 bridgehead atoms. The summed E-state index contributed by atoms with van der Waals surface area (Å²) in [7, 11) is 4.46. The Morgan fingerprint density at radius 1 is 1.07 bits per heavy atom. The number of carbonyl (C=O) groups is 1. The summed E-state index contributed by atoms with van der Waals surface area (Å²) in [5.41, 5.74) is 1.01. The van der Waals surface area contributed by atoms with Crippen molar-refractivity contribution in [3.05, 3.63) is 48.0 Å². The van der Waals surface area contributed by atoms with E-state index in [9.17, 15) is 9.18 Å². The summed E-state index contributed by atoms with van der Waals surface area (Å²) in [5, 5.41) is 16.7. The van der Waals surface area contributed by atoms with Crippen molar-refractivity contribution in [1.29, 1.82) is 0 Å². The Morgan fingerprint density at radius 2 is 1.72 bits per heavy atom. The Balaban J connectivity index is 1.68. The van der Waals surface area contributed by atoms with Crippen LogP contribution in [0.1, 0.15) is 5.82 Å². The highest BCUT2D eigenvalue weighted by Crippen LogP contribution is 2.39. The highest BCUT2D eigenvalue weighted by molar-refractivity contribution is 5.90. The maximum absolute atomic E-state index is 13.1. The Morgan fingerprint density at radius 3 is 2.31 bits per heavy atom. The van der Waals surface area contributed by atoms with Gasteiger partial charge in [0.05, 0.1) is 39.2 Å². The number of methoxy groups -OCH3 is 3. The Kier molecular flexibility index (Phi) is 6.07. The zero-order valence-electron chi connectivity index (χ0n) is 16.0. The highest BCUT2D eigenvalue weighted by Gasteiger charge is 2.15. The largest absolute Gasteiger partial charge is 0.493 e. The molecule has 0 spiro atoms. The molecule has 1 heterocycles. The zero-order valence-corrected chi connectivity index (χ0v) is 16.0. The molecule has 152 valence electrons. The van der Waals surface area contributed by atoms with Gasteiger partial charge in [-0.1, -0.05) is 0 Å². The number of tetrazole rings is 1. The highest BCUT2D eigenvalue weighted by atomic mass is 19.1. The third kappa shape index (κ3) is 4.51. The van der Waals surface area contributed by atoms with Crippen LogP contribution in [-0.2, 0) is 6.54 Å². The van der Waals surface area contributed by atoms with E-state index in [0.717, 1.165) is 0 Å². The topological polar surface area (TPSA) is 112 Å². The minimum atomic E-state index is -0.493. The van der Waals surface area contributed by atoms with Crippen molar-refractivity contribution >= 4 is 11.7 Å². The monoisotopic (exact) mass is 402 g/mol. The average molecular weight is 402 g/mol. The molecule has 0 radical (unpaired) electrons. The normalized spacial score (nSPS) is 10.3. The number of anilines is 1. The first-order valence-corrected chi connectivity index (χ1v) is 8.43. The SMILES string of the molecule is COc1cc(NC(=O)NCc2nnnn2-c2ccc(F)cc2)cc(OC)c1OC. The van der Waals surface area contributed by atoms with Crippen molar-refractivity contribution in [3.8, 4) is 22.9 Å². The van der Waals surface area contributed by atoms with Crippen molar-refractivity contribution in [2.75, 3.05) is 26.6 Å². The van der Waals surface area contributed by atoms with Crippen molar-refractivity contribution in [3.63, 3.8) is 0 Å². The van der Waals surface area contributed by atoms with Gasteiger partial charge >= 0.3 is 6.03 Å². The van der Waals surface area contributed by atoms with E-state index >= 15 is 0 Å². The van der Waals surface area contributed by atoms with Crippen LogP contribution in [0.4, 0.5) is 14.9 Å². The van der Waals surface area contributed by atoms with Gasteiger partial charge in [-0.3, -0.25) is 0 Å². The van der Waals surface area contributed by atoms with Crippen molar-refractivity contribution in [2.24, 2.45) is 0 Å². The summed E-state index contributed by atoms with van der Waals surface area (Å²) in [4.78, 5) is 12.3. The molecule has 0 saturated carbocycles. The first-order valence-electron chi connectivity index (χ1n) is 8.43. The maximum Gasteiger partial charge on any atom is 0.319 e. The molecule has 0 aliphatic rings. The van der Waals surface area contributed by atoms with Gasteiger partial charge in [0, 0.05) is 12.1 Å². The molecule has 0 aliphatic carbocycles. The van der Waals surface area contributed by atoms with E-state index in [-0.39, 0.29) is 12.4 Å². The zero-order chi connectivity index (χ0) is 20.8. The van der Waals surface area contributed by atoms with Gasteiger partial charge in [-0.15, -0.1) is 5.10 Å². The molecule has 29 heavy (non-hydrogen) atoms. The van der Waals surface area contributed by atoms with Crippen LogP contribution in [0.2, 0.25) is 0 Å². The molecule has 2 N–H and O–H groups in total. The number of rotatable bonds is 7. The summed E-state index contributed by atoms with van der Waals surface area (Å²) < 4.78 is 30.3. The molecule has 0 aliphatic heterocycles. The van der Waals surface area contributed by atoms with Crippen LogP contribution in [0.3, 0.4) is 0 Å². The Bertz CT molecular complexity index is 967. The number of aromatic nitrogens is 4. The number of hydrogen-bond donors (Lipinski definition) is 2. The van der Waals surface area contributed by atoms with Gasteiger partial charge in [0.2, 0.25) is 5.75 Å². The van der Waals surface area contributed by atoms with Gasteiger partial charge in [0.25, 0.3) is 0 Å². The van der Waals surface area contributed by atoms with Crippen LogP contribution in [-0.4, -0.2) is 47.6 Å². The number of halogens is 1. The molecule has 0 atom stereocenters. The molecule has 0 fully saturated rings. The molecule has 2 aromatic carbocycles. The van der Waals surface area contributed by atoms with E-state index in [1.165, 1.54) is 50.3 Å². The van der Waals surface area contributed by atoms with E-state index < -0.39 is 6.03 Å². The van der Waals surface area contributed by atoms with Gasteiger partial charge in [-0.05, 0) is 34.7 Å². The van der Waals surface area contributed by atoms with Crippen LogP contribution in [0.15, 0.2) is 36.4 Å². The molecule has 3 aromatic rings. The molecule has 2 amide bonds. The van der Waals surface area contributed by atoms with Crippen LogP contribution in [0.5, 0.6) is 17.2 Å². The van der Waals surface area contributed by atoms with Crippen molar-refractivity contribution in [2.45, 2.75) is 6.54 Å². The number of amides is 2. The predicted octanol–water partition coefficient (Wildman–Crippen LogP) is 2.15. The van der Waals surface area contributed by atoms with Gasteiger partial charge in [0.15, 0.2) is 17.3 Å². The Labute approximate surface area is 165 Å². The second-order valence-electron chi connectivity index (χ2n) is 5.71. The number of benzene rings is 2. The molecule has 0 unspecified atom stereocenters. The molecule has 0 saturated heterocycles. The second-order valence-corrected chi connectivity index (χ2v) is 5.71. The summed E-state index contributed by atoms with van der Waals surface area (Å²) in [6, 6.07) is 8.37. The van der Waals surface area contributed by atoms with Gasteiger partial charge in [-0.2, -0.15) is 4.68 Å². The fourth-order valence-electron chi connectivity index (χ4n) is 2.59. The van der Waals surface area contributed by atoms with Gasteiger partial charge < -0.3 is 24.8 Å². The molecule has 1 aromatic heterocycles. The molecular weight excluding hydrogens is 383 g/mol. The fourth-order valence-corrected chi connectivity index (χ4v) is 2.59. The van der Waals surface area contributed by atoms with E-state index in [2.05, 4.69) is 26.2 Å². The van der Waals surface area contributed by atoms with Crippen molar-refractivity contribution in [1.82, 2.24) is 25.5 Å².